The predicted octanol–water partition coefficient (Wildman–Crippen LogP) is 8.99. The number of benzene rings is 6. The molecule has 1 aliphatic carbocycles. The zero-order valence-electron chi connectivity index (χ0n) is 20.2. The lowest BCUT2D eigenvalue weighted by Gasteiger charge is -2.18. The van der Waals surface area contributed by atoms with E-state index in [0.29, 0.717) is 0 Å². The van der Waals surface area contributed by atoms with Gasteiger partial charge in [-0.05, 0) is 109 Å². The van der Waals surface area contributed by atoms with Crippen molar-refractivity contribution in [1.82, 2.24) is 0 Å². The first-order valence-electron chi connectivity index (χ1n) is 12.2. The third kappa shape index (κ3) is 3.04. The van der Waals surface area contributed by atoms with Gasteiger partial charge in [-0.25, -0.2) is 0 Å². The van der Waals surface area contributed by atoms with Crippen LogP contribution in [0.3, 0.4) is 0 Å². The standard InChI is InChI=1S/C34H24O2/c1-35-26-14-10-21(11-15-26)29-20-25-8-5-9-28-30-18-23-6-3-4-7-24(23)19-31(30)34(33(25)28)32(29)22-12-16-27(36-2)17-13-22/h3-20H,1-2H3. The minimum Gasteiger partial charge on any atom is -0.497 e. The summed E-state index contributed by atoms with van der Waals surface area (Å²) in [4.78, 5) is 0. The van der Waals surface area contributed by atoms with Gasteiger partial charge in [-0.1, -0.05) is 66.7 Å². The lowest BCUT2D eigenvalue weighted by atomic mass is 9.85. The monoisotopic (exact) mass is 464 g/mol. The Bertz CT molecular complexity index is 1780. The van der Waals surface area contributed by atoms with Gasteiger partial charge in [-0.3, -0.25) is 0 Å². The molecule has 0 saturated carbocycles. The largest absolute Gasteiger partial charge is 0.497 e. The average molecular weight is 465 g/mol. The maximum absolute atomic E-state index is 5.47. The molecule has 172 valence electrons. The fraction of sp³-hybridized carbons (Fsp3) is 0.0588. The summed E-state index contributed by atoms with van der Waals surface area (Å²) < 4.78 is 10.9. The van der Waals surface area contributed by atoms with Crippen molar-refractivity contribution < 1.29 is 9.47 Å². The molecular weight excluding hydrogens is 440 g/mol. The summed E-state index contributed by atoms with van der Waals surface area (Å²) in [6.07, 6.45) is 0. The number of hydrogen-bond acceptors (Lipinski definition) is 2. The van der Waals surface area contributed by atoms with Crippen molar-refractivity contribution >= 4 is 21.5 Å². The first-order valence-corrected chi connectivity index (χ1v) is 12.2. The van der Waals surface area contributed by atoms with Gasteiger partial charge in [-0.2, -0.15) is 0 Å². The van der Waals surface area contributed by atoms with Gasteiger partial charge in [0.25, 0.3) is 0 Å². The zero-order valence-corrected chi connectivity index (χ0v) is 20.2. The van der Waals surface area contributed by atoms with Crippen LogP contribution in [-0.2, 0) is 0 Å². The van der Waals surface area contributed by atoms with Gasteiger partial charge in [0.15, 0.2) is 0 Å². The summed E-state index contributed by atoms with van der Waals surface area (Å²) in [5.41, 5.74) is 10.0. The highest BCUT2D eigenvalue weighted by molar-refractivity contribution is 6.23. The number of rotatable bonds is 4. The molecule has 6 aromatic carbocycles. The van der Waals surface area contributed by atoms with Crippen LogP contribution in [-0.4, -0.2) is 14.2 Å². The van der Waals surface area contributed by atoms with E-state index in [1.165, 1.54) is 66.1 Å². The van der Waals surface area contributed by atoms with E-state index in [1.54, 1.807) is 14.2 Å². The molecule has 0 N–H and O–H groups in total. The van der Waals surface area contributed by atoms with E-state index in [0.717, 1.165) is 11.5 Å². The van der Waals surface area contributed by atoms with Crippen LogP contribution in [0.1, 0.15) is 0 Å². The zero-order chi connectivity index (χ0) is 24.2. The molecule has 0 bridgehead atoms. The third-order valence-corrected chi connectivity index (χ3v) is 7.39. The van der Waals surface area contributed by atoms with E-state index < -0.39 is 0 Å². The molecule has 7 rings (SSSR count). The van der Waals surface area contributed by atoms with Gasteiger partial charge in [0.1, 0.15) is 11.5 Å². The second-order valence-corrected chi connectivity index (χ2v) is 9.28. The topological polar surface area (TPSA) is 18.5 Å². The lowest BCUT2D eigenvalue weighted by Crippen LogP contribution is -1.92. The number of ether oxygens (including phenoxy) is 2. The van der Waals surface area contributed by atoms with E-state index in [-0.39, 0.29) is 0 Å². The molecule has 0 aromatic heterocycles. The highest BCUT2D eigenvalue weighted by Gasteiger charge is 2.27. The van der Waals surface area contributed by atoms with Gasteiger partial charge < -0.3 is 9.47 Å². The quantitative estimate of drug-likeness (QED) is 0.259. The Morgan fingerprint density at radius 3 is 1.61 bits per heavy atom. The first kappa shape index (κ1) is 20.8. The molecular formula is C34H24O2. The van der Waals surface area contributed by atoms with Gasteiger partial charge >= 0.3 is 0 Å². The molecule has 1 aliphatic rings. The third-order valence-electron chi connectivity index (χ3n) is 7.39. The smallest absolute Gasteiger partial charge is 0.118 e. The van der Waals surface area contributed by atoms with E-state index >= 15 is 0 Å². The van der Waals surface area contributed by atoms with Gasteiger partial charge in [0.2, 0.25) is 0 Å². The Morgan fingerprint density at radius 2 is 0.972 bits per heavy atom. The molecule has 0 saturated heterocycles. The second kappa shape index (κ2) is 8.00. The van der Waals surface area contributed by atoms with Gasteiger partial charge in [0.05, 0.1) is 14.2 Å². The van der Waals surface area contributed by atoms with Crippen molar-refractivity contribution in [2.75, 3.05) is 14.2 Å². The van der Waals surface area contributed by atoms with Crippen LogP contribution < -0.4 is 9.47 Å². The molecule has 2 nitrogen and oxygen atoms in total. The van der Waals surface area contributed by atoms with Crippen LogP contribution >= 0.6 is 0 Å². The van der Waals surface area contributed by atoms with Crippen LogP contribution in [0.2, 0.25) is 0 Å². The summed E-state index contributed by atoms with van der Waals surface area (Å²) in [5, 5.41) is 5.10. The summed E-state index contributed by atoms with van der Waals surface area (Å²) >= 11 is 0. The highest BCUT2D eigenvalue weighted by atomic mass is 16.5. The van der Waals surface area contributed by atoms with Crippen LogP contribution in [0, 0.1) is 0 Å². The molecule has 0 unspecified atom stereocenters. The van der Waals surface area contributed by atoms with E-state index in [2.05, 4.69) is 84.9 Å². The fourth-order valence-corrected chi connectivity index (χ4v) is 5.68. The molecule has 0 fully saturated rings. The molecule has 6 aromatic rings. The molecule has 36 heavy (non-hydrogen) atoms. The van der Waals surface area contributed by atoms with Crippen molar-refractivity contribution in [1.29, 1.82) is 0 Å². The van der Waals surface area contributed by atoms with Crippen molar-refractivity contribution in [2.24, 2.45) is 0 Å². The Hall–Kier alpha value is -4.56. The molecule has 2 heteroatoms. The van der Waals surface area contributed by atoms with Crippen LogP contribution in [0.15, 0.2) is 109 Å². The maximum Gasteiger partial charge on any atom is 0.118 e. The Morgan fingerprint density at radius 1 is 0.417 bits per heavy atom. The number of fused-ring (bicyclic) bond motifs is 4. The van der Waals surface area contributed by atoms with Crippen molar-refractivity contribution in [3.8, 4) is 56.0 Å². The summed E-state index contributed by atoms with van der Waals surface area (Å²) in [5.74, 6) is 1.71. The minimum absolute atomic E-state index is 0.856. The SMILES string of the molecule is COc1ccc(-c2cc3cccc4c3c(c2-c2ccc(OC)cc2)-c2cc3ccccc3cc2-4)cc1. The molecule has 0 atom stereocenters. The predicted molar refractivity (Wildman–Crippen MR) is 150 cm³/mol. The highest BCUT2D eigenvalue weighted by Crippen LogP contribution is 2.55. The van der Waals surface area contributed by atoms with Crippen LogP contribution in [0.25, 0.3) is 66.1 Å². The number of hydrogen-bond donors (Lipinski definition) is 0. The summed E-state index contributed by atoms with van der Waals surface area (Å²) in [6.45, 7) is 0. The normalized spacial score (nSPS) is 11.6. The lowest BCUT2D eigenvalue weighted by molar-refractivity contribution is 0.414. The van der Waals surface area contributed by atoms with Gasteiger partial charge in [0, 0.05) is 0 Å². The molecule has 0 amide bonds. The van der Waals surface area contributed by atoms with Crippen molar-refractivity contribution in [3.05, 3.63) is 109 Å². The first-order chi connectivity index (χ1) is 17.7. The second-order valence-electron chi connectivity index (χ2n) is 9.28. The van der Waals surface area contributed by atoms with E-state index in [4.69, 9.17) is 9.47 Å². The van der Waals surface area contributed by atoms with Gasteiger partial charge in [-0.15, -0.1) is 0 Å². The Kier molecular flexibility index (Phi) is 4.62. The average Bonchev–Trinajstić information content (AvgIpc) is 3.26. The van der Waals surface area contributed by atoms with Crippen molar-refractivity contribution in [2.45, 2.75) is 0 Å². The van der Waals surface area contributed by atoms with E-state index in [9.17, 15) is 0 Å². The molecule has 0 aliphatic heterocycles. The fourth-order valence-electron chi connectivity index (χ4n) is 5.68. The Labute approximate surface area is 210 Å². The summed E-state index contributed by atoms with van der Waals surface area (Å²) in [7, 11) is 3.41. The maximum atomic E-state index is 5.47. The molecule has 0 spiro atoms. The van der Waals surface area contributed by atoms with E-state index in [1.807, 2.05) is 24.3 Å². The van der Waals surface area contributed by atoms with Crippen molar-refractivity contribution in [3.63, 3.8) is 0 Å². The Balaban J connectivity index is 1.62. The molecule has 0 radical (unpaired) electrons. The minimum atomic E-state index is 0.856. The number of methoxy groups -OCH3 is 2. The summed E-state index contributed by atoms with van der Waals surface area (Å²) in [6, 6.07) is 39.2. The van der Waals surface area contributed by atoms with Crippen LogP contribution in [0.4, 0.5) is 0 Å². The van der Waals surface area contributed by atoms with Crippen LogP contribution in [0.5, 0.6) is 11.5 Å². The molecule has 0 heterocycles.